The molecule has 1 saturated carbocycles. The highest BCUT2D eigenvalue weighted by Crippen LogP contribution is 2.48. The van der Waals surface area contributed by atoms with Gasteiger partial charge in [0.2, 0.25) is 5.88 Å². The second-order valence-corrected chi connectivity index (χ2v) is 10.9. The van der Waals surface area contributed by atoms with Crippen molar-refractivity contribution < 1.29 is 27.8 Å². The highest BCUT2D eigenvalue weighted by atomic mass is 35.5. The number of rotatable bonds is 10. The Morgan fingerprint density at radius 3 is 2.48 bits per heavy atom. The van der Waals surface area contributed by atoms with Crippen molar-refractivity contribution in [2.24, 2.45) is 5.41 Å². The van der Waals surface area contributed by atoms with E-state index < -0.39 is 29.7 Å². The van der Waals surface area contributed by atoms with Crippen molar-refractivity contribution >= 4 is 28.7 Å². The van der Waals surface area contributed by atoms with Gasteiger partial charge in [0.25, 0.3) is 0 Å². The fraction of sp³-hybridized carbons (Fsp3) is 0.273. The van der Waals surface area contributed by atoms with Crippen LogP contribution in [0.2, 0.25) is 5.02 Å². The Kier molecular flexibility index (Phi) is 9.20. The number of alkyl halides is 1. The van der Waals surface area contributed by atoms with Crippen LogP contribution in [0.3, 0.4) is 0 Å². The number of aromatic nitrogens is 4. The molecule has 0 amide bonds. The second-order valence-electron chi connectivity index (χ2n) is 10.5. The summed E-state index contributed by atoms with van der Waals surface area (Å²) in [5, 5.41) is 9.69. The summed E-state index contributed by atoms with van der Waals surface area (Å²) in [5.74, 6) is -1.44. The predicted octanol–water partition coefficient (Wildman–Crippen LogP) is 8.07. The molecule has 6 rings (SSSR count). The molecule has 5 aromatic rings. The van der Waals surface area contributed by atoms with E-state index in [9.17, 15) is 18.7 Å². The van der Waals surface area contributed by atoms with E-state index in [0.717, 1.165) is 12.8 Å². The van der Waals surface area contributed by atoms with Crippen molar-refractivity contribution in [1.82, 2.24) is 19.5 Å². The Hall–Kier alpha value is -4.44. The number of benzene rings is 2. The van der Waals surface area contributed by atoms with Crippen LogP contribution in [0.1, 0.15) is 54.1 Å². The maximum atomic E-state index is 15.4. The standard InChI is InChI=1S/C31H24ClF3N4O3.C2H6/c32-20-6-5-19(22(34)14-20)15-42-28-3-1-2-24(37-28)21-7-4-18(12-23(21)35)13-27-36-25-8-9-26(30(40)41)38-29(25)39(27)17-31(16-33)10-11-31;1-2/h1-9,12,14H,10-11,13,15-17H2,(H,40,41);1-2H3. The first kappa shape index (κ1) is 31.0. The zero-order valence-corrected chi connectivity index (χ0v) is 24.9. The number of carboxylic acid groups (broad SMARTS) is 1. The zero-order chi connectivity index (χ0) is 31.4. The summed E-state index contributed by atoms with van der Waals surface area (Å²) < 4.78 is 50.7. The highest BCUT2D eigenvalue weighted by Gasteiger charge is 2.44. The molecule has 0 bridgehead atoms. The van der Waals surface area contributed by atoms with Crippen LogP contribution in [0.4, 0.5) is 13.2 Å². The Balaban J connectivity index is 0.00000188. The number of imidazole rings is 1. The summed E-state index contributed by atoms with van der Waals surface area (Å²) in [4.78, 5) is 24.8. The van der Waals surface area contributed by atoms with E-state index in [0.29, 0.717) is 40.4 Å². The minimum atomic E-state index is -1.17. The van der Waals surface area contributed by atoms with Gasteiger partial charge in [-0.25, -0.2) is 28.5 Å². The lowest BCUT2D eigenvalue weighted by Crippen LogP contribution is -2.17. The van der Waals surface area contributed by atoms with E-state index in [2.05, 4.69) is 15.0 Å². The van der Waals surface area contributed by atoms with Crippen LogP contribution >= 0.6 is 11.6 Å². The average molecular weight is 623 g/mol. The molecule has 44 heavy (non-hydrogen) atoms. The van der Waals surface area contributed by atoms with Gasteiger partial charge in [-0.2, -0.15) is 0 Å². The SMILES string of the molecule is CC.O=C(O)c1ccc2nc(Cc3ccc(-c4cccc(OCc5ccc(Cl)cc5F)n4)c(F)c3)n(CC3(CF)CC3)c2n1. The van der Waals surface area contributed by atoms with Crippen LogP contribution < -0.4 is 4.74 Å². The number of ether oxygens (including phenoxy) is 1. The molecule has 0 unspecified atom stereocenters. The summed E-state index contributed by atoms with van der Waals surface area (Å²) in [6.45, 7) is 3.73. The number of hydrogen-bond acceptors (Lipinski definition) is 5. The lowest BCUT2D eigenvalue weighted by molar-refractivity contribution is 0.0690. The molecule has 11 heteroatoms. The van der Waals surface area contributed by atoms with Crippen molar-refractivity contribution in [2.75, 3.05) is 6.67 Å². The van der Waals surface area contributed by atoms with Gasteiger partial charge >= 0.3 is 5.97 Å². The smallest absolute Gasteiger partial charge is 0.354 e. The molecule has 3 aromatic heterocycles. The number of fused-ring (bicyclic) bond motifs is 1. The van der Waals surface area contributed by atoms with E-state index >= 15 is 4.39 Å². The molecule has 0 saturated heterocycles. The number of carbonyl (C=O) groups is 1. The molecule has 7 nitrogen and oxygen atoms in total. The summed E-state index contributed by atoms with van der Waals surface area (Å²) in [6.07, 6.45) is 1.66. The van der Waals surface area contributed by atoms with Gasteiger partial charge in [0.05, 0.1) is 12.4 Å². The van der Waals surface area contributed by atoms with Crippen LogP contribution in [-0.2, 0) is 19.6 Å². The third kappa shape index (κ3) is 6.70. The van der Waals surface area contributed by atoms with Gasteiger partial charge in [0, 0.05) is 40.6 Å². The molecule has 228 valence electrons. The van der Waals surface area contributed by atoms with Crippen LogP contribution in [0, 0.1) is 17.0 Å². The first-order valence-corrected chi connectivity index (χ1v) is 14.6. The number of pyridine rings is 2. The van der Waals surface area contributed by atoms with Crippen molar-refractivity contribution in [3.8, 4) is 17.1 Å². The summed E-state index contributed by atoms with van der Waals surface area (Å²) in [5.41, 5.74) is 1.71. The minimum absolute atomic E-state index is 0.0750. The number of carboxylic acids is 1. The predicted molar refractivity (Wildman–Crippen MR) is 162 cm³/mol. The molecular weight excluding hydrogens is 593 g/mol. The van der Waals surface area contributed by atoms with Crippen LogP contribution in [-0.4, -0.2) is 37.3 Å². The summed E-state index contributed by atoms with van der Waals surface area (Å²) in [6, 6.07) is 16.9. The van der Waals surface area contributed by atoms with Crippen molar-refractivity contribution in [3.63, 3.8) is 0 Å². The summed E-state index contributed by atoms with van der Waals surface area (Å²) >= 11 is 5.80. The third-order valence-electron chi connectivity index (χ3n) is 7.41. The maximum Gasteiger partial charge on any atom is 0.354 e. The zero-order valence-electron chi connectivity index (χ0n) is 24.2. The molecule has 0 aliphatic heterocycles. The van der Waals surface area contributed by atoms with E-state index in [1.807, 2.05) is 13.8 Å². The van der Waals surface area contributed by atoms with Gasteiger partial charge in [-0.3, -0.25) is 4.39 Å². The van der Waals surface area contributed by atoms with E-state index in [1.165, 1.54) is 24.3 Å². The lowest BCUT2D eigenvalue weighted by Gasteiger charge is -2.15. The average Bonchev–Trinajstić information content (AvgIpc) is 3.73. The van der Waals surface area contributed by atoms with Crippen LogP contribution in [0.5, 0.6) is 5.88 Å². The molecule has 0 spiro atoms. The van der Waals surface area contributed by atoms with Crippen molar-refractivity contribution in [2.45, 2.75) is 46.3 Å². The largest absolute Gasteiger partial charge is 0.477 e. The van der Waals surface area contributed by atoms with Gasteiger partial charge < -0.3 is 14.4 Å². The molecule has 0 atom stereocenters. The van der Waals surface area contributed by atoms with Crippen LogP contribution in [0.15, 0.2) is 66.7 Å². The van der Waals surface area contributed by atoms with Crippen LogP contribution in [0.25, 0.3) is 22.4 Å². The fourth-order valence-corrected chi connectivity index (χ4v) is 4.97. The molecule has 1 fully saturated rings. The first-order valence-electron chi connectivity index (χ1n) is 14.2. The topological polar surface area (TPSA) is 90.1 Å². The van der Waals surface area contributed by atoms with E-state index in [-0.39, 0.29) is 35.2 Å². The molecule has 2 aromatic carbocycles. The Bertz CT molecular complexity index is 1820. The first-order chi connectivity index (χ1) is 21.2. The molecule has 3 heterocycles. The normalized spacial score (nSPS) is 13.3. The number of halogens is 4. The van der Waals surface area contributed by atoms with E-state index in [4.69, 9.17) is 16.3 Å². The second kappa shape index (κ2) is 13.1. The minimum Gasteiger partial charge on any atom is -0.477 e. The van der Waals surface area contributed by atoms with Crippen molar-refractivity contribution in [3.05, 3.63) is 106 Å². The highest BCUT2D eigenvalue weighted by molar-refractivity contribution is 6.30. The van der Waals surface area contributed by atoms with Crippen molar-refractivity contribution in [1.29, 1.82) is 0 Å². The third-order valence-corrected chi connectivity index (χ3v) is 7.65. The quantitative estimate of drug-likeness (QED) is 0.169. The molecule has 0 radical (unpaired) electrons. The number of aromatic carboxylic acids is 1. The Morgan fingerprint density at radius 2 is 1.80 bits per heavy atom. The maximum absolute atomic E-state index is 15.4. The summed E-state index contributed by atoms with van der Waals surface area (Å²) in [7, 11) is 0. The number of nitrogens with zero attached hydrogens (tertiary/aromatic N) is 4. The Morgan fingerprint density at radius 1 is 1.00 bits per heavy atom. The lowest BCUT2D eigenvalue weighted by atomic mass is 10.0. The van der Waals surface area contributed by atoms with E-state index in [1.54, 1.807) is 47.0 Å². The molecule has 1 aliphatic carbocycles. The van der Waals surface area contributed by atoms with Gasteiger partial charge in [-0.05, 0) is 60.9 Å². The molecular formula is C33H30ClF3N4O3. The van der Waals surface area contributed by atoms with Gasteiger partial charge in [0.1, 0.15) is 29.6 Å². The number of hydrogen-bond donors (Lipinski definition) is 1. The molecule has 1 N–H and O–H groups in total. The monoisotopic (exact) mass is 622 g/mol. The van der Waals surface area contributed by atoms with Gasteiger partial charge in [-0.15, -0.1) is 0 Å². The van der Waals surface area contributed by atoms with Gasteiger partial charge in [-0.1, -0.05) is 43.6 Å². The Labute approximate surface area is 257 Å². The molecule has 1 aliphatic rings. The fourth-order valence-electron chi connectivity index (χ4n) is 4.81. The van der Waals surface area contributed by atoms with Gasteiger partial charge in [0.15, 0.2) is 11.3 Å².